The quantitative estimate of drug-likeness (QED) is 0.507. The van der Waals surface area contributed by atoms with Crippen molar-refractivity contribution in [2.24, 2.45) is 11.8 Å². The maximum atomic E-state index is 13.9. The molecule has 0 spiro atoms. The molecule has 9 heteroatoms. The van der Waals surface area contributed by atoms with E-state index in [-0.39, 0.29) is 30.4 Å². The summed E-state index contributed by atoms with van der Waals surface area (Å²) in [5.74, 6) is -0.583. The lowest BCUT2D eigenvalue weighted by atomic mass is 9.83. The van der Waals surface area contributed by atoms with Crippen LogP contribution in [0.15, 0.2) is 6.20 Å². The van der Waals surface area contributed by atoms with Crippen molar-refractivity contribution in [1.29, 1.82) is 0 Å². The fourth-order valence-corrected chi connectivity index (χ4v) is 6.84. The molecule has 3 atom stereocenters. The zero-order chi connectivity index (χ0) is 25.5. The predicted octanol–water partition coefficient (Wildman–Crippen LogP) is 3.83. The van der Waals surface area contributed by atoms with E-state index >= 15 is 0 Å². The second-order valence-corrected chi connectivity index (χ2v) is 12.1. The second-order valence-electron chi connectivity index (χ2n) is 10.9. The zero-order valence-corrected chi connectivity index (χ0v) is 22.6. The molecule has 0 unspecified atom stereocenters. The van der Waals surface area contributed by atoms with Gasteiger partial charge in [-0.3, -0.25) is 14.4 Å². The summed E-state index contributed by atoms with van der Waals surface area (Å²) in [6.07, 6.45) is 15.2. The second kappa shape index (κ2) is 13.0. The number of hydrogen-bond acceptors (Lipinski definition) is 7. The largest absolute Gasteiger partial charge is 0.469 e. The number of nitrogens with one attached hydrogen (secondary N) is 2. The van der Waals surface area contributed by atoms with E-state index in [0.29, 0.717) is 29.9 Å². The van der Waals surface area contributed by atoms with Crippen LogP contribution in [-0.4, -0.2) is 66.0 Å². The number of likely N-dealkylation sites (tertiary alicyclic amines) is 1. The van der Waals surface area contributed by atoms with E-state index in [1.54, 1.807) is 6.20 Å². The maximum absolute atomic E-state index is 13.9. The summed E-state index contributed by atoms with van der Waals surface area (Å²) in [5, 5.41) is 7.12. The summed E-state index contributed by atoms with van der Waals surface area (Å²) < 4.78 is 5.09. The van der Waals surface area contributed by atoms with Crippen molar-refractivity contribution in [2.45, 2.75) is 102 Å². The van der Waals surface area contributed by atoms with E-state index in [0.717, 1.165) is 24.1 Å². The topological polar surface area (TPSA) is 101 Å². The number of piperidine rings is 1. The molecule has 0 aromatic carbocycles. The van der Waals surface area contributed by atoms with Gasteiger partial charge in [0.15, 0.2) is 5.01 Å². The van der Waals surface area contributed by atoms with Gasteiger partial charge in [0.05, 0.1) is 19.1 Å². The molecule has 2 saturated carbocycles. The standard InChI is InChI=1S/C27H42N4O4S/c1-18-16-28-25(36-18)24(32)30-22-13-14-31(17-21(22)27(34)35-2)26(33)23(15-19-9-5-3-6-10-19)29-20-11-7-4-8-12-20/h16,19-23,29H,3-15,17H2,1-2H3,(H,30,32)/t21-,22+,23+/m0/s1. The van der Waals surface area contributed by atoms with Crippen LogP contribution in [0.1, 0.15) is 91.7 Å². The van der Waals surface area contributed by atoms with Crippen molar-refractivity contribution in [1.82, 2.24) is 20.5 Å². The minimum atomic E-state index is -0.595. The number of methoxy groups -OCH3 is 1. The number of ether oxygens (including phenoxy) is 1. The maximum Gasteiger partial charge on any atom is 0.312 e. The summed E-state index contributed by atoms with van der Waals surface area (Å²) in [6.45, 7) is 2.68. The predicted molar refractivity (Wildman–Crippen MR) is 140 cm³/mol. The molecule has 1 saturated heterocycles. The van der Waals surface area contributed by atoms with Crippen LogP contribution in [0.4, 0.5) is 0 Å². The summed E-state index contributed by atoms with van der Waals surface area (Å²) in [5.41, 5.74) is 0. The fourth-order valence-electron chi connectivity index (χ4n) is 6.18. The molecule has 1 aromatic rings. The van der Waals surface area contributed by atoms with Crippen LogP contribution in [0.25, 0.3) is 0 Å². The fraction of sp³-hybridized carbons (Fsp3) is 0.778. The highest BCUT2D eigenvalue weighted by molar-refractivity contribution is 7.13. The molecule has 36 heavy (non-hydrogen) atoms. The molecule has 2 N–H and O–H groups in total. The first-order valence-electron chi connectivity index (χ1n) is 13.8. The summed E-state index contributed by atoms with van der Waals surface area (Å²) in [4.78, 5) is 46.3. The van der Waals surface area contributed by atoms with Gasteiger partial charge < -0.3 is 20.3 Å². The number of aromatic nitrogens is 1. The number of nitrogens with zero attached hydrogens (tertiary/aromatic N) is 2. The van der Waals surface area contributed by atoms with Crippen molar-refractivity contribution in [2.75, 3.05) is 20.2 Å². The molecule has 3 aliphatic rings. The normalized spacial score (nSPS) is 24.8. The molecule has 4 rings (SSSR count). The van der Waals surface area contributed by atoms with Crippen LogP contribution < -0.4 is 10.6 Å². The Labute approximate surface area is 218 Å². The SMILES string of the molecule is COC(=O)[C@H]1CN(C(=O)[C@@H](CC2CCCCC2)NC2CCCCC2)CC[C@H]1NC(=O)c1ncc(C)s1. The highest BCUT2D eigenvalue weighted by Gasteiger charge is 2.40. The lowest BCUT2D eigenvalue weighted by Gasteiger charge is -2.40. The van der Waals surface area contributed by atoms with Crippen molar-refractivity contribution in [3.63, 3.8) is 0 Å². The first kappa shape index (κ1) is 27.0. The van der Waals surface area contributed by atoms with Gasteiger partial charge in [-0.15, -0.1) is 11.3 Å². The number of carbonyl (C=O) groups is 3. The molecule has 0 radical (unpaired) electrons. The Morgan fingerprint density at radius 2 is 1.78 bits per heavy atom. The van der Waals surface area contributed by atoms with Crippen molar-refractivity contribution in [3.05, 3.63) is 16.1 Å². The number of esters is 1. The van der Waals surface area contributed by atoms with Crippen LogP contribution in [0.5, 0.6) is 0 Å². The molecule has 2 aliphatic carbocycles. The number of carbonyl (C=O) groups excluding carboxylic acids is 3. The Balaban J connectivity index is 1.43. The summed E-state index contributed by atoms with van der Waals surface area (Å²) in [7, 11) is 1.36. The molecule has 200 valence electrons. The molecule has 2 amide bonds. The Bertz CT molecular complexity index is 874. The van der Waals surface area contributed by atoms with E-state index in [1.165, 1.54) is 69.8 Å². The van der Waals surface area contributed by atoms with E-state index in [9.17, 15) is 14.4 Å². The van der Waals surface area contributed by atoms with Gasteiger partial charge >= 0.3 is 5.97 Å². The Morgan fingerprint density at radius 1 is 1.08 bits per heavy atom. The minimum Gasteiger partial charge on any atom is -0.469 e. The monoisotopic (exact) mass is 518 g/mol. The van der Waals surface area contributed by atoms with Gasteiger partial charge in [0.1, 0.15) is 0 Å². The molecular weight excluding hydrogens is 476 g/mol. The number of thiazole rings is 1. The van der Waals surface area contributed by atoms with E-state index < -0.39 is 11.9 Å². The smallest absolute Gasteiger partial charge is 0.312 e. The van der Waals surface area contributed by atoms with Gasteiger partial charge in [-0.2, -0.15) is 0 Å². The van der Waals surface area contributed by atoms with Crippen LogP contribution in [0.3, 0.4) is 0 Å². The Morgan fingerprint density at radius 3 is 2.42 bits per heavy atom. The molecule has 1 aromatic heterocycles. The summed E-state index contributed by atoms with van der Waals surface area (Å²) >= 11 is 1.33. The molecule has 1 aliphatic heterocycles. The van der Waals surface area contributed by atoms with Gasteiger partial charge in [-0.05, 0) is 38.5 Å². The molecule has 2 heterocycles. The average molecular weight is 519 g/mol. The van der Waals surface area contributed by atoms with Crippen LogP contribution in [0, 0.1) is 18.8 Å². The number of hydrogen-bond donors (Lipinski definition) is 2. The van der Waals surface area contributed by atoms with E-state index in [2.05, 4.69) is 15.6 Å². The van der Waals surface area contributed by atoms with Crippen LogP contribution in [0.2, 0.25) is 0 Å². The molecule has 0 bridgehead atoms. The Hall–Kier alpha value is -2.00. The highest BCUT2D eigenvalue weighted by atomic mass is 32.1. The van der Waals surface area contributed by atoms with Gasteiger partial charge in [-0.1, -0.05) is 51.4 Å². The van der Waals surface area contributed by atoms with Crippen molar-refractivity contribution in [3.8, 4) is 0 Å². The van der Waals surface area contributed by atoms with Gasteiger partial charge in [0.2, 0.25) is 5.91 Å². The third-order valence-electron chi connectivity index (χ3n) is 8.19. The number of aryl methyl sites for hydroxylation is 1. The number of rotatable bonds is 8. The minimum absolute atomic E-state index is 0.0976. The zero-order valence-electron chi connectivity index (χ0n) is 21.8. The molecule has 3 fully saturated rings. The van der Waals surface area contributed by atoms with Gasteiger partial charge in [0, 0.05) is 36.2 Å². The van der Waals surface area contributed by atoms with Crippen molar-refractivity contribution < 1.29 is 19.1 Å². The van der Waals surface area contributed by atoms with Gasteiger partial charge in [-0.25, -0.2) is 4.98 Å². The third kappa shape index (κ3) is 7.06. The lowest BCUT2D eigenvalue weighted by molar-refractivity contribution is -0.150. The van der Waals surface area contributed by atoms with E-state index in [1.807, 2.05) is 11.8 Å². The third-order valence-corrected chi connectivity index (χ3v) is 9.11. The molecule has 8 nitrogen and oxygen atoms in total. The first-order valence-corrected chi connectivity index (χ1v) is 14.6. The van der Waals surface area contributed by atoms with Crippen molar-refractivity contribution >= 4 is 29.1 Å². The molecular formula is C27H42N4O4S. The summed E-state index contributed by atoms with van der Waals surface area (Å²) in [6, 6.07) is -0.202. The lowest BCUT2D eigenvalue weighted by Crippen LogP contribution is -2.59. The van der Waals surface area contributed by atoms with Crippen LogP contribution >= 0.6 is 11.3 Å². The number of amides is 2. The average Bonchev–Trinajstić information content (AvgIpc) is 3.35. The van der Waals surface area contributed by atoms with Crippen LogP contribution in [-0.2, 0) is 14.3 Å². The Kier molecular flexibility index (Phi) is 9.76. The first-order chi connectivity index (χ1) is 17.4. The van der Waals surface area contributed by atoms with E-state index in [4.69, 9.17) is 4.74 Å². The van der Waals surface area contributed by atoms with Gasteiger partial charge in [0.25, 0.3) is 5.91 Å². The highest BCUT2D eigenvalue weighted by Crippen LogP contribution is 2.30.